The molecule has 9 aromatic rings. The van der Waals surface area contributed by atoms with E-state index in [1.807, 2.05) is 22.7 Å². The summed E-state index contributed by atoms with van der Waals surface area (Å²) < 4.78 is 5.28. The summed E-state index contributed by atoms with van der Waals surface area (Å²) in [5, 5.41) is 7.88. The lowest BCUT2D eigenvalue weighted by molar-refractivity contribution is 1.31. The van der Waals surface area contributed by atoms with E-state index in [0.717, 1.165) is 5.69 Å². The van der Waals surface area contributed by atoms with E-state index in [-0.39, 0.29) is 0 Å². The summed E-state index contributed by atoms with van der Waals surface area (Å²) >= 11 is 3.77. The van der Waals surface area contributed by atoms with Gasteiger partial charge in [-0.25, -0.2) is 0 Å². The Morgan fingerprint density at radius 1 is 0.372 bits per heavy atom. The maximum Gasteiger partial charge on any atom is 0.0640 e. The van der Waals surface area contributed by atoms with Crippen LogP contribution in [0.15, 0.2) is 152 Å². The SMILES string of the molecule is c1ccc(-c2ccc(N(c3ccc4c(c3)sc3c5ccccc5ccc43)c3cccc4c3sc3ccccc34)cc2)cc1. The van der Waals surface area contributed by atoms with Crippen LogP contribution in [0.25, 0.3) is 62.2 Å². The Balaban J connectivity index is 1.27. The Labute approximate surface area is 257 Å². The minimum Gasteiger partial charge on any atom is -0.309 e. The van der Waals surface area contributed by atoms with Crippen molar-refractivity contribution in [1.82, 2.24) is 0 Å². The molecule has 0 saturated carbocycles. The van der Waals surface area contributed by atoms with Crippen molar-refractivity contribution in [3.63, 3.8) is 0 Å². The largest absolute Gasteiger partial charge is 0.309 e. The van der Waals surface area contributed by atoms with Crippen molar-refractivity contribution in [3.8, 4) is 11.1 Å². The first-order valence-electron chi connectivity index (χ1n) is 14.5. The molecule has 0 unspecified atom stereocenters. The number of nitrogens with zero attached hydrogens (tertiary/aromatic N) is 1. The van der Waals surface area contributed by atoms with Gasteiger partial charge in [-0.2, -0.15) is 0 Å². The third kappa shape index (κ3) is 3.97. The molecule has 0 spiro atoms. The van der Waals surface area contributed by atoms with Crippen LogP contribution in [-0.4, -0.2) is 0 Å². The van der Waals surface area contributed by atoms with E-state index >= 15 is 0 Å². The summed E-state index contributed by atoms with van der Waals surface area (Å²) in [6, 6.07) is 55.3. The van der Waals surface area contributed by atoms with Gasteiger partial charge < -0.3 is 4.90 Å². The van der Waals surface area contributed by atoms with Crippen LogP contribution in [0.5, 0.6) is 0 Å². The molecular formula is C40H25NS2. The molecule has 0 amide bonds. The average molecular weight is 584 g/mol. The van der Waals surface area contributed by atoms with Gasteiger partial charge in [0.2, 0.25) is 0 Å². The molecule has 1 nitrogen and oxygen atoms in total. The summed E-state index contributed by atoms with van der Waals surface area (Å²) in [7, 11) is 0. The first-order valence-corrected chi connectivity index (χ1v) is 16.1. The van der Waals surface area contributed by atoms with Gasteiger partial charge >= 0.3 is 0 Å². The second-order valence-corrected chi connectivity index (χ2v) is 13.1. The zero-order valence-electron chi connectivity index (χ0n) is 23.2. The highest BCUT2D eigenvalue weighted by Gasteiger charge is 2.19. The first kappa shape index (κ1) is 24.6. The van der Waals surface area contributed by atoms with Crippen LogP contribution in [-0.2, 0) is 0 Å². The van der Waals surface area contributed by atoms with Gasteiger partial charge in [0.1, 0.15) is 0 Å². The second kappa shape index (κ2) is 9.81. The third-order valence-electron chi connectivity index (χ3n) is 8.46. The minimum absolute atomic E-state index is 1.15. The molecule has 202 valence electrons. The zero-order chi connectivity index (χ0) is 28.3. The van der Waals surface area contributed by atoms with E-state index < -0.39 is 0 Å². The van der Waals surface area contributed by atoms with Crippen molar-refractivity contribution in [2.45, 2.75) is 0 Å². The molecule has 0 bridgehead atoms. The summed E-state index contributed by atoms with van der Waals surface area (Å²) in [4.78, 5) is 2.44. The lowest BCUT2D eigenvalue weighted by Crippen LogP contribution is -2.09. The fourth-order valence-electron chi connectivity index (χ4n) is 6.40. The van der Waals surface area contributed by atoms with Gasteiger partial charge in [-0.3, -0.25) is 0 Å². The number of anilines is 3. The first-order chi connectivity index (χ1) is 21.3. The number of fused-ring (bicyclic) bond motifs is 8. The fourth-order valence-corrected chi connectivity index (χ4v) is 8.88. The summed E-state index contributed by atoms with van der Waals surface area (Å²) in [6.07, 6.45) is 0. The molecule has 0 saturated heterocycles. The molecule has 7 aromatic carbocycles. The van der Waals surface area contributed by atoms with E-state index in [2.05, 4.69) is 157 Å². The minimum atomic E-state index is 1.15. The van der Waals surface area contributed by atoms with E-state index in [1.165, 1.54) is 73.6 Å². The zero-order valence-corrected chi connectivity index (χ0v) is 24.8. The molecule has 43 heavy (non-hydrogen) atoms. The highest BCUT2D eigenvalue weighted by molar-refractivity contribution is 7.27. The predicted molar refractivity (Wildman–Crippen MR) is 190 cm³/mol. The lowest BCUT2D eigenvalue weighted by Gasteiger charge is -2.26. The summed E-state index contributed by atoms with van der Waals surface area (Å²) in [5.41, 5.74) is 5.97. The van der Waals surface area contributed by atoms with Crippen molar-refractivity contribution in [2.75, 3.05) is 4.90 Å². The molecule has 0 aliphatic heterocycles. The van der Waals surface area contributed by atoms with Gasteiger partial charge in [-0.1, -0.05) is 115 Å². The van der Waals surface area contributed by atoms with Crippen LogP contribution in [0.3, 0.4) is 0 Å². The molecule has 0 aliphatic rings. The summed E-state index contributed by atoms with van der Waals surface area (Å²) in [6.45, 7) is 0. The molecule has 2 heterocycles. The third-order valence-corrected chi connectivity index (χ3v) is 10.9. The Bertz CT molecular complexity index is 2450. The van der Waals surface area contributed by atoms with Gasteiger partial charge in [0.25, 0.3) is 0 Å². The Hall–Kier alpha value is -4.96. The maximum absolute atomic E-state index is 2.44. The number of benzene rings is 7. The van der Waals surface area contributed by atoms with E-state index in [4.69, 9.17) is 0 Å². The molecule has 0 fully saturated rings. The Morgan fingerprint density at radius 2 is 1.00 bits per heavy atom. The van der Waals surface area contributed by atoms with Crippen molar-refractivity contribution < 1.29 is 0 Å². The van der Waals surface area contributed by atoms with Crippen molar-refractivity contribution in [1.29, 1.82) is 0 Å². The number of thiophene rings is 2. The van der Waals surface area contributed by atoms with Crippen molar-refractivity contribution in [3.05, 3.63) is 152 Å². The smallest absolute Gasteiger partial charge is 0.0640 e. The topological polar surface area (TPSA) is 3.24 Å². The van der Waals surface area contributed by atoms with Crippen molar-refractivity contribution >= 4 is 90.9 Å². The summed E-state index contributed by atoms with van der Waals surface area (Å²) in [5.74, 6) is 0. The molecule has 0 aliphatic carbocycles. The van der Waals surface area contributed by atoms with Crippen LogP contribution >= 0.6 is 22.7 Å². The van der Waals surface area contributed by atoms with Crippen LogP contribution in [0.2, 0.25) is 0 Å². The molecule has 0 radical (unpaired) electrons. The average Bonchev–Trinajstić information content (AvgIpc) is 3.65. The number of hydrogen-bond acceptors (Lipinski definition) is 3. The highest BCUT2D eigenvalue weighted by atomic mass is 32.1. The molecule has 3 heteroatoms. The quantitative estimate of drug-likeness (QED) is 0.199. The standard InChI is InChI=1S/C40H25NS2/c1-2-9-26(10-3-1)27-17-20-29(21-18-27)41(36-15-8-14-34-32-13-6-7-16-37(32)42-40(34)36)30-22-24-33-35-23-19-28-11-4-5-12-31(28)39(35)43-38(33)25-30/h1-25H. The number of rotatable bonds is 4. The second-order valence-electron chi connectivity index (χ2n) is 10.9. The number of hydrogen-bond donors (Lipinski definition) is 0. The van der Waals surface area contributed by atoms with Gasteiger partial charge in [-0.15, -0.1) is 22.7 Å². The van der Waals surface area contributed by atoms with E-state index in [9.17, 15) is 0 Å². The Morgan fingerprint density at radius 3 is 1.88 bits per heavy atom. The molecule has 2 aromatic heterocycles. The lowest BCUT2D eigenvalue weighted by atomic mass is 10.0. The fraction of sp³-hybridized carbons (Fsp3) is 0. The molecular weight excluding hydrogens is 559 g/mol. The predicted octanol–water partition coefficient (Wildman–Crippen LogP) is 12.7. The molecule has 0 N–H and O–H groups in total. The maximum atomic E-state index is 2.44. The van der Waals surface area contributed by atoms with Gasteiger partial charge in [0.05, 0.1) is 10.4 Å². The monoisotopic (exact) mass is 583 g/mol. The molecule has 0 atom stereocenters. The van der Waals surface area contributed by atoms with Gasteiger partial charge in [-0.05, 0) is 58.3 Å². The van der Waals surface area contributed by atoms with Crippen LogP contribution in [0.4, 0.5) is 17.1 Å². The van der Waals surface area contributed by atoms with Crippen molar-refractivity contribution in [2.24, 2.45) is 0 Å². The van der Waals surface area contributed by atoms with Gasteiger partial charge in [0.15, 0.2) is 0 Å². The highest BCUT2D eigenvalue weighted by Crippen LogP contribution is 2.47. The van der Waals surface area contributed by atoms with E-state index in [1.54, 1.807) is 0 Å². The van der Waals surface area contributed by atoms with Crippen LogP contribution in [0.1, 0.15) is 0 Å². The van der Waals surface area contributed by atoms with E-state index in [0.29, 0.717) is 0 Å². The Kier molecular flexibility index (Phi) is 5.62. The normalized spacial score (nSPS) is 11.7. The molecule has 9 rings (SSSR count). The van der Waals surface area contributed by atoms with Crippen LogP contribution in [0, 0.1) is 0 Å². The van der Waals surface area contributed by atoms with Gasteiger partial charge in [0, 0.05) is 47.0 Å². The van der Waals surface area contributed by atoms with Crippen LogP contribution < -0.4 is 4.90 Å².